The maximum absolute atomic E-state index is 12.2. The second kappa shape index (κ2) is 9.97. The molecule has 1 saturated heterocycles. The number of halogens is 1. The van der Waals surface area contributed by atoms with Gasteiger partial charge in [0.1, 0.15) is 12.3 Å². The molecule has 1 amide bonds. The van der Waals surface area contributed by atoms with Crippen LogP contribution in [-0.4, -0.2) is 65.0 Å². The van der Waals surface area contributed by atoms with E-state index in [0.29, 0.717) is 18.1 Å². The normalized spacial score (nSPS) is 14.6. The maximum atomic E-state index is 12.2. The lowest BCUT2D eigenvalue weighted by atomic mass is 10.1. The summed E-state index contributed by atoms with van der Waals surface area (Å²) in [6, 6.07) is 22.4. The van der Waals surface area contributed by atoms with Crippen molar-refractivity contribution in [2.24, 2.45) is 0 Å². The Morgan fingerprint density at radius 3 is 2.32 bits per heavy atom. The predicted octanol–water partition coefficient (Wildman–Crippen LogP) is 4.61. The number of piperazine rings is 1. The molecule has 0 N–H and O–H groups in total. The van der Waals surface area contributed by atoms with E-state index in [1.165, 1.54) is 5.56 Å². The van der Waals surface area contributed by atoms with E-state index in [0.717, 1.165) is 47.8 Å². The molecule has 1 aliphatic heterocycles. The highest BCUT2D eigenvalue weighted by Crippen LogP contribution is 2.29. The number of fused-ring (bicyclic) bond motifs is 1. The van der Waals surface area contributed by atoms with Crippen LogP contribution in [0.25, 0.3) is 28.0 Å². The molecule has 6 nitrogen and oxygen atoms in total. The van der Waals surface area contributed by atoms with Crippen LogP contribution in [0.3, 0.4) is 0 Å². The zero-order valence-electron chi connectivity index (χ0n) is 19.2. The molecule has 0 aliphatic carbocycles. The molecule has 34 heavy (non-hydrogen) atoms. The number of nitrogens with zero attached hydrogens (tertiary/aromatic N) is 4. The number of ether oxygens (including phenoxy) is 1. The van der Waals surface area contributed by atoms with Crippen molar-refractivity contribution in [3.63, 3.8) is 0 Å². The molecule has 5 rings (SSSR count). The van der Waals surface area contributed by atoms with E-state index in [2.05, 4.69) is 51.9 Å². The largest absolute Gasteiger partial charge is 0.375 e. The van der Waals surface area contributed by atoms with E-state index in [-0.39, 0.29) is 12.5 Å². The third-order valence-electron chi connectivity index (χ3n) is 6.31. The molecule has 174 valence electrons. The summed E-state index contributed by atoms with van der Waals surface area (Å²) in [5.41, 5.74) is 6.35. The van der Waals surface area contributed by atoms with Crippen molar-refractivity contribution in [1.82, 2.24) is 19.2 Å². The van der Waals surface area contributed by atoms with Gasteiger partial charge in [0.25, 0.3) is 0 Å². The molecule has 3 heterocycles. The van der Waals surface area contributed by atoms with Gasteiger partial charge >= 0.3 is 0 Å². The lowest BCUT2D eigenvalue weighted by Crippen LogP contribution is -2.49. The molecule has 0 bridgehead atoms. The van der Waals surface area contributed by atoms with Crippen molar-refractivity contribution in [1.29, 1.82) is 0 Å². The van der Waals surface area contributed by atoms with Crippen molar-refractivity contribution in [3.8, 4) is 22.4 Å². The Hall–Kier alpha value is -3.19. The van der Waals surface area contributed by atoms with Gasteiger partial charge in [0.15, 0.2) is 0 Å². The van der Waals surface area contributed by atoms with E-state index in [1.54, 1.807) is 7.11 Å². The maximum Gasteiger partial charge on any atom is 0.248 e. The van der Waals surface area contributed by atoms with Gasteiger partial charge < -0.3 is 14.0 Å². The lowest BCUT2D eigenvalue weighted by molar-refractivity contribution is -0.136. The number of amides is 1. The molecular weight excluding hydrogens is 448 g/mol. The van der Waals surface area contributed by atoms with Crippen LogP contribution in [-0.2, 0) is 16.1 Å². The number of pyridine rings is 1. The minimum absolute atomic E-state index is 0.0475. The van der Waals surface area contributed by atoms with Crippen molar-refractivity contribution in [2.45, 2.75) is 6.54 Å². The summed E-state index contributed by atoms with van der Waals surface area (Å²) >= 11 is 6.15. The molecule has 0 radical (unpaired) electrons. The van der Waals surface area contributed by atoms with Crippen molar-refractivity contribution < 1.29 is 9.53 Å². The fraction of sp³-hybridized carbons (Fsp3) is 0.259. The van der Waals surface area contributed by atoms with Crippen LogP contribution >= 0.6 is 11.6 Å². The number of imidazole rings is 1. The fourth-order valence-corrected chi connectivity index (χ4v) is 4.59. The van der Waals surface area contributed by atoms with E-state index < -0.39 is 0 Å². The smallest absolute Gasteiger partial charge is 0.248 e. The molecule has 4 aromatic rings. The monoisotopic (exact) mass is 474 g/mol. The van der Waals surface area contributed by atoms with Gasteiger partial charge in [-0.25, -0.2) is 4.98 Å². The van der Waals surface area contributed by atoms with E-state index in [1.807, 2.05) is 35.2 Å². The van der Waals surface area contributed by atoms with Gasteiger partial charge in [0.2, 0.25) is 5.91 Å². The summed E-state index contributed by atoms with van der Waals surface area (Å²) < 4.78 is 7.22. The summed E-state index contributed by atoms with van der Waals surface area (Å²) in [7, 11) is 1.56. The first-order valence-electron chi connectivity index (χ1n) is 11.4. The van der Waals surface area contributed by atoms with E-state index in [9.17, 15) is 4.79 Å². The van der Waals surface area contributed by atoms with Crippen LogP contribution in [0.15, 0.2) is 72.9 Å². The average Bonchev–Trinajstić information content (AvgIpc) is 3.23. The molecule has 0 unspecified atom stereocenters. The summed E-state index contributed by atoms with van der Waals surface area (Å²) in [6.07, 6.45) is 2.17. The second-order valence-corrected chi connectivity index (χ2v) is 8.95. The highest BCUT2D eigenvalue weighted by Gasteiger charge is 2.23. The minimum atomic E-state index is 0.0475. The molecule has 1 fully saturated rings. The number of benzene rings is 2. The number of hydrogen-bond acceptors (Lipinski definition) is 4. The van der Waals surface area contributed by atoms with E-state index in [4.69, 9.17) is 21.3 Å². The van der Waals surface area contributed by atoms with Gasteiger partial charge in [-0.2, -0.15) is 0 Å². The molecule has 0 spiro atoms. The molecule has 7 heteroatoms. The number of hydrogen-bond donors (Lipinski definition) is 0. The molecule has 0 atom stereocenters. The molecule has 2 aromatic carbocycles. The Balaban J connectivity index is 1.49. The van der Waals surface area contributed by atoms with E-state index >= 15 is 0 Å². The average molecular weight is 475 g/mol. The quantitative estimate of drug-likeness (QED) is 0.409. The van der Waals surface area contributed by atoms with Crippen LogP contribution in [0.1, 0.15) is 5.69 Å². The molecular formula is C27H27ClN4O2. The second-order valence-electron chi connectivity index (χ2n) is 8.52. The standard InChI is InChI=1S/C27H27ClN4O2/c1-34-19-26(33)31-15-13-30(14-16-31)18-24-27(21-7-10-23(28)11-8-21)29-25-12-9-22(17-32(24)25)20-5-3-2-4-6-20/h2-12,17H,13-16,18-19H2,1H3. The van der Waals surface area contributed by atoms with Crippen LogP contribution in [0.2, 0.25) is 5.02 Å². The van der Waals surface area contributed by atoms with Gasteiger partial charge in [-0.05, 0) is 35.4 Å². The SMILES string of the molecule is COCC(=O)N1CCN(Cc2c(-c3ccc(Cl)cc3)nc3ccc(-c4ccccc4)cn23)CC1. The Morgan fingerprint density at radius 1 is 0.912 bits per heavy atom. The highest BCUT2D eigenvalue weighted by molar-refractivity contribution is 6.30. The summed E-state index contributed by atoms with van der Waals surface area (Å²) in [4.78, 5) is 21.4. The van der Waals surface area contributed by atoms with Gasteiger partial charge in [0.05, 0.1) is 11.4 Å². The zero-order chi connectivity index (χ0) is 23.5. The first-order valence-corrected chi connectivity index (χ1v) is 11.8. The zero-order valence-corrected chi connectivity index (χ0v) is 19.9. The summed E-state index contributed by atoms with van der Waals surface area (Å²) in [5.74, 6) is 0.0475. The van der Waals surface area contributed by atoms with Crippen LogP contribution in [0.4, 0.5) is 0 Å². The van der Waals surface area contributed by atoms with Crippen molar-refractivity contribution in [2.75, 3.05) is 39.9 Å². The van der Waals surface area contributed by atoms with Gasteiger partial charge in [0, 0.05) is 56.6 Å². The Bertz CT molecular complexity index is 1280. The van der Waals surface area contributed by atoms with Crippen molar-refractivity contribution in [3.05, 3.63) is 83.6 Å². The summed E-state index contributed by atoms with van der Waals surface area (Å²) in [5, 5.41) is 0.706. The number of methoxy groups -OCH3 is 1. The minimum Gasteiger partial charge on any atom is -0.375 e. The van der Waals surface area contributed by atoms with Gasteiger partial charge in [-0.3, -0.25) is 9.69 Å². The number of carbonyl (C=O) groups is 1. The lowest BCUT2D eigenvalue weighted by Gasteiger charge is -2.34. The first-order chi connectivity index (χ1) is 16.6. The summed E-state index contributed by atoms with van der Waals surface area (Å²) in [6.45, 7) is 3.89. The predicted molar refractivity (Wildman–Crippen MR) is 135 cm³/mol. The number of aromatic nitrogens is 2. The number of carbonyl (C=O) groups excluding carboxylic acids is 1. The topological polar surface area (TPSA) is 50.1 Å². The van der Waals surface area contributed by atoms with Crippen LogP contribution in [0, 0.1) is 0 Å². The van der Waals surface area contributed by atoms with Crippen molar-refractivity contribution >= 4 is 23.2 Å². The molecule has 0 saturated carbocycles. The third-order valence-corrected chi connectivity index (χ3v) is 6.56. The molecule has 2 aromatic heterocycles. The fourth-order valence-electron chi connectivity index (χ4n) is 4.47. The van der Waals surface area contributed by atoms with Crippen LogP contribution in [0.5, 0.6) is 0 Å². The van der Waals surface area contributed by atoms with Gasteiger partial charge in [-0.1, -0.05) is 54.1 Å². The third kappa shape index (κ3) is 4.71. The first kappa shape index (κ1) is 22.6. The Kier molecular flexibility index (Phi) is 6.63. The Labute approximate surface area is 204 Å². The highest BCUT2D eigenvalue weighted by atomic mass is 35.5. The van der Waals surface area contributed by atoms with Crippen LogP contribution < -0.4 is 0 Å². The van der Waals surface area contributed by atoms with Gasteiger partial charge in [-0.15, -0.1) is 0 Å². The Morgan fingerprint density at radius 2 is 1.62 bits per heavy atom. The molecule has 1 aliphatic rings. The number of rotatable bonds is 6.